The van der Waals surface area contributed by atoms with E-state index in [0.717, 1.165) is 136 Å². The van der Waals surface area contributed by atoms with Crippen molar-refractivity contribution >= 4 is 22.2 Å². The first-order valence-electron chi connectivity index (χ1n) is 33.5. The maximum absolute atomic E-state index is 13.4. The Kier molecular flexibility index (Phi) is 21.3. The van der Waals surface area contributed by atoms with E-state index in [4.69, 9.17) is 23.3 Å². The first-order valence-corrected chi connectivity index (χ1v) is 35.9. The molecule has 12 rings (SSSR count). The van der Waals surface area contributed by atoms with Gasteiger partial charge in [0.2, 0.25) is 0 Å². The van der Waals surface area contributed by atoms with Crippen LogP contribution in [0.1, 0.15) is 231 Å². The molecule has 0 aromatic carbocycles. The van der Waals surface area contributed by atoms with Gasteiger partial charge in [-0.1, -0.05) is 120 Å². The SMILES string of the molecule is O=S(=O)(O)C1CC(NC2CC(OC3CCC4CCCCC4C3)NC(OC3CCC4CCCCC4C3)N2)CCC1C=CC1CCC(NC2CC(OC3CCC4CCCCC4C3)NC(OC3CCC4CCCCC4C3)N2)CC1SOOO. The summed E-state index contributed by atoms with van der Waals surface area (Å²) in [5, 5.41) is 35.5. The second kappa shape index (κ2) is 28.5. The summed E-state index contributed by atoms with van der Waals surface area (Å²) in [6.45, 7) is 0. The highest BCUT2D eigenvalue weighted by molar-refractivity contribution is 7.95. The molecular weight excluding hydrogens is 1050 g/mol. The van der Waals surface area contributed by atoms with Crippen molar-refractivity contribution in [1.82, 2.24) is 31.9 Å². The lowest BCUT2D eigenvalue weighted by Gasteiger charge is -2.46. The van der Waals surface area contributed by atoms with E-state index in [1.54, 1.807) is 0 Å². The predicted molar refractivity (Wildman–Crippen MR) is 310 cm³/mol. The van der Waals surface area contributed by atoms with Crippen LogP contribution in [0.5, 0.6) is 0 Å². The Morgan fingerprint density at radius 2 is 0.800 bits per heavy atom. The van der Waals surface area contributed by atoms with Crippen molar-refractivity contribution in [3.05, 3.63) is 12.2 Å². The van der Waals surface area contributed by atoms with Crippen molar-refractivity contribution in [2.75, 3.05) is 0 Å². The van der Waals surface area contributed by atoms with Gasteiger partial charge in [0.1, 0.15) is 12.5 Å². The van der Waals surface area contributed by atoms with Gasteiger partial charge < -0.3 is 18.9 Å². The fourth-order valence-corrected chi connectivity index (χ4v) is 21.1. The highest BCUT2D eigenvalue weighted by Crippen LogP contribution is 2.46. The van der Waals surface area contributed by atoms with Crippen molar-refractivity contribution in [1.29, 1.82) is 0 Å². The number of nitrogens with one attached hydrogen (secondary N) is 6. The van der Waals surface area contributed by atoms with E-state index >= 15 is 0 Å². The van der Waals surface area contributed by atoms with Crippen LogP contribution in [0.15, 0.2) is 12.2 Å². The third kappa shape index (κ3) is 16.0. The average Bonchev–Trinajstić information content (AvgIpc) is 3.48. The van der Waals surface area contributed by atoms with E-state index in [1.807, 2.05) is 0 Å². The summed E-state index contributed by atoms with van der Waals surface area (Å²) in [6, 6.07) is 0.0346. The Labute approximate surface area is 485 Å². The molecule has 2 heterocycles. The smallest absolute Gasteiger partial charge is 0.268 e. The summed E-state index contributed by atoms with van der Waals surface area (Å²) in [7, 11) is -4.37. The van der Waals surface area contributed by atoms with Gasteiger partial charge in [-0.05, 0) is 175 Å². The molecule has 18 heteroatoms. The van der Waals surface area contributed by atoms with E-state index in [1.165, 1.54) is 135 Å². The molecule has 2 aliphatic heterocycles. The molecule has 456 valence electrons. The fraction of sp³-hybridized carbons (Fsp3) is 0.968. The number of fused-ring (bicyclic) bond motifs is 4. The molecule has 0 aromatic heterocycles. The lowest BCUT2D eigenvalue weighted by Crippen LogP contribution is -2.66. The molecule has 12 fully saturated rings. The summed E-state index contributed by atoms with van der Waals surface area (Å²) in [5.74, 6) is 6.24. The number of rotatable bonds is 18. The summed E-state index contributed by atoms with van der Waals surface area (Å²) >= 11 is 1.13. The second-order valence-corrected chi connectivity index (χ2v) is 30.9. The molecule has 10 saturated carbocycles. The van der Waals surface area contributed by atoms with Crippen LogP contribution in [0, 0.1) is 59.2 Å². The normalized spacial score (nSPS) is 46.9. The van der Waals surface area contributed by atoms with Crippen molar-refractivity contribution < 1.29 is 46.5 Å². The molecule has 80 heavy (non-hydrogen) atoms. The molecule has 0 amide bonds. The summed E-state index contributed by atoms with van der Waals surface area (Å²) in [4.78, 5) is 0. The zero-order chi connectivity index (χ0) is 54.4. The molecule has 10 aliphatic carbocycles. The van der Waals surface area contributed by atoms with E-state index in [0.29, 0.717) is 19.3 Å². The van der Waals surface area contributed by atoms with Gasteiger partial charge >= 0.3 is 0 Å². The third-order valence-electron chi connectivity index (χ3n) is 23.4. The van der Waals surface area contributed by atoms with Crippen LogP contribution in [0.3, 0.4) is 0 Å². The molecule has 16 nitrogen and oxygen atoms in total. The summed E-state index contributed by atoms with van der Waals surface area (Å²) in [5.41, 5.74) is 0. The largest absolute Gasteiger partial charge is 0.360 e. The number of hydrogen-bond donors (Lipinski definition) is 8. The Morgan fingerprint density at radius 1 is 0.412 bits per heavy atom. The van der Waals surface area contributed by atoms with Crippen LogP contribution in [-0.4, -0.2) is 103 Å². The molecule has 0 radical (unpaired) electrons. The lowest BCUT2D eigenvalue weighted by atomic mass is 9.70. The first kappa shape index (κ1) is 59.8. The van der Waals surface area contributed by atoms with Crippen LogP contribution < -0.4 is 31.9 Å². The van der Waals surface area contributed by atoms with Gasteiger partial charge in [0.05, 0.1) is 42.0 Å². The zero-order valence-electron chi connectivity index (χ0n) is 48.4. The van der Waals surface area contributed by atoms with Crippen molar-refractivity contribution in [2.24, 2.45) is 59.2 Å². The minimum absolute atomic E-state index is 0.0280. The zero-order valence-corrected chi connectivity index (χ0v) is 50.1. The van der Waals surface area contributed by atoms with Gasteiger partial charge in [0.15, 0.2) is 12.7 Å². The van der Waals surface area contributed by atoms with Crippen LogP contribution in [0.2, 0.25) is 0 Å². The first-order chi connectivity index (χ1) is 39.1. The Bertz CT molecular complexity index is 1980. The minimum Gasteiger partial charge on any atom is -0.360 e. The Hall–Kier alpha value is -0.520. The molecule has 24 unspecified atom stereocenters. The maximum atomic E-state index is 13.4. The van der Waals surface area contributed by atoms with Crippen LogP contribution in [0.25, 0.3) is 0 Å². The monoisotopic (exact) mass is 1160 g/mol. The maximum Gasteiger partial charge on any atom is 0.268 e. The van der Waals surface area contributed by atoms with Crippen molar-refractivity contribution in [3.63, 3.8) is 0 Å². The molecule has 24 atom stereocenters. The van der Waals surface area contributed by atoms with Crippen molar-refractivity contribution in [2.45, 2.75) is 316 Å². The third-order valence-corrected chi connectivity index (χ3v) is 25.6. The van der Waals surface area contributed by atoms with Crippen molar-refractivity contribution in [3.8, 4) is 0 Å². The van der Waals surface area contributed by atoms with E-state index < -0.39 is 15.4 Å². The standard InChI is InChI=1S/C62H106N6O10S2/c69-77-78-79-55-35-49(63-57-37-59(73-51-27-21-39-9-1-5-13-45(39)31-51)67-61(65-57)75-53-29-23-41-11-3-7-15-47(41)33-53)25-19-43(55)17-18-44-20-26-50(36-56(44)80(70,71)72)64-58-38-60(74-52-28-22-40-10-2-6-14-46(40)32-52)68-62(66-58)76-54-30-24-42-12-4-8-16-48(42)34-54/h17-18,39-69H,1-16,19-38H2,(H,70,71,72). The number of ether oxygens (including phenoxy) is 4. The quantitative estimate of drug-likeness (QED) is 0.0212. The van der Waals surface area contributed by atoms with E-state index in [9.17, 15) is 18.2 Å². The molecular formula is C62H106N6O10S2. The second-order valence-electron chi connectivity index (χ2n) is 28.4. The molecule has 8 N–H and O–H groups in total. The predicted octanol–water partition coefficient (Wildman–Crippen LogP) is 11.3. The fourth-order valence-electron chi connectivity index (χ4n) is 19.2. The average molecular weight is 1160 g/mol. The topological polar surface area (TPSA) is 202 Å². The molecule has 12 aliphatic rings. The molecule has 2 saturated heterocycles. The molecule has 0 bridgehead atoms. The highest BCUT2D eigenvalue weighted by atomic mass is 32.2. The Morgan fingerprint density at radius 3 is 1.23 bits per heavy atom. The van der Waals surface area contributed by atoms with Crippen LogP contribution in [-0.2, 0) is 38.4 Å². The van der Waals surface area contributed by atoms with Gasteiger partial charge in [-0.3, -0.25) is 36.5 Å². The van der Waals surface area contributed by atoms with Crippen LogP contribution in [0.4, 0.5) is 0 Å². The van der Waals surface area contributed by atoms with Crippen LogP contribution >= 0.6 is 12.0 Å². The minimum atomic E-state index is -4.37. The number of allylic oxidation sites excluding steroid dienone is 2. The van der Waals surface area contributed by atoms with Gasteiger partial charge in [0, 0.05) is 42.2 Å². The Balaban J connectivity index is 0.665. The van der Waals surface area contributed by atoms with Gasteiger partial charge in [0.25, 0.3) is 10.1 Å². The number of hydrogen-bond acceptors (Lipinski definition) is 16. The van der Waals surface area contributed by atoms with Gasteiger partial charge in [-0.15, -0.1) is 4.33 Å². The van der Waals surface area contributed by atoms with Gasteiger partial charge in [-0.25, -0.2) is 5.26 Å². The summed E-state index contributed by atoms with van der Waals surface area (Å²) < 4.78 is 70.7. The van der Waals surface area contributed by atoms with E-state index in [-0.39, 0.29) is 91.1 Å². The highest BCUT2D eigenvalue weighted by Gasteiger charge is 2.44. The summed E-state index contributed by atoms with van der Waals surface area (Å²) in [6.07, 6.45) is 45.5. The molecule has 0 spiro atoms. The van der Waals surface area contributed by atoms with Gasteiger partial charge in [-0.2, -0.15) is 8.42 Å². The molecule has 0 aromatic rings. The lowest BCUT2D eigenvalue weighted by molar-refractivity contribution is -0.432. The van der Waals surface area contributed by atoms with E-state index in [2.05, 4.69) is 49.1 Å².